The molecule has 2 aromatic rings. The van der Waals surface area contributed by atoms with E-state index >= 15 is 0 Å². The molecule has 1 fully saturated rings. The molecule has 0 unspecified atom stereocenters. The van der Waals surface area contributed by atoms with Gasteiger partial charge in [-0.05, 0) is 31.5 Å². The Hall–Kier alpha value is -1.93. The first-order chi connectivity index (χ1) is 11.2. The number of nitrogens with one attached hydrogen (secondary N) is 1. The van der Waals surface area contributed by atoms with Crippen molar-refractivity contribution in [1.82, 2.24) is 9.78 Å². The number of sulfone groups is 1. The Kier molecular flexibility index (Phi) is 4.35. The quantitative estimate of drug-likeness (QED) is 0.899. The summed E-state index contributed by atoms with van der Waals surface area (Å²) >= 11 is 5.68. The molecule has 1 aromatic heterocycles. The largest absolute Gasteiger partial charge is 0.307 e. The van der Waals surface area contributed by atoms with Gasteiger partial charge in [-0.15, -0.1) is 0 Å². The van der Waals surface area contributed by atoms with Crippen molar-refractivity contribution < 1.29 is 17.6 Å². The second kappa shape index (κ2) is 6.18. The van der Waals surface area contributed by atoms with Gasteiger partial charge in [0.2, 0.25) is 0 Å². The van der Waals surface area contributed by atoms with E-state index in [0.29, 0.717) is 17.9 Å². The Morgan fingerprint density at radius 3 is 2.79 bits per heavy atom. The van der Waals surface area contributed by atoms with Crippen LogP contribution in [0.25, 0.3) is 0 Å². The van der Waals surface area contributed by atoms with Crippen LogP contribution in [-0.2, 0) is 9.84 Å². The van der Waals surface area contributed by atoms with Gasteiger partial charge in [0.15, 0.2) is 9.84 Å². The second-order valence-corrected chi connectivity index (χ2v) is 8.42. The van der Waals surface area contributed by atoms with E-state index < -0.39 is 21.6 Å². The summed E-state index contributed by atoms with van der Waals surface area (Å²) in [5.74, 6) is -0.964. The Bertz CT molecular complexity index is 911. The van der Waals surface area contributed by atoms with Crippen LogP contribution in [0.15, 0.2) is 24.3 Å². The molecule has 1 atom stereocenters. The number of anilines is 1. The molecular formula is C15H15ClFN3O3S. The van der Waals surface area contributed by atoms with E-state index in [1.54, 1.807) is 13.0 Å². The standard InChI is InChI=1S/C15H15ClFN3O3S/c1-9-6-14(20(19-9)11-4-5-24(22,23)8-11)18-15(21)12-3-2-10(16)7-13(12)17/h2-3,6-7,11H,4-5,8H2,1H3,(H,18,21)/t11-/m1/s1. The lowest BCUT2D eigenvalue weighted by Crippen LogP contribution is -2.20. The van der Waals surface area contributed by atoms with Crippen LogP contribution < -0.4 is 5.32 Å². The number of carbonyl (C=O) groups excluding carboxylic acids is 1. The molecule has 24 heavy (non-hydrogen) atoms. The number of halogens is 2. The highest BCUT2D eigenvalue weighted by Gasteiger charge is 2.31. The second-order valence-electron chi connectivity index (χ2n) is 5.75. The van der Waals surface area contributed by atoms with Gasteiger partial charge in [-0.3, -0.25) is 4.79 Å². The lowest BCUT2D eigenvalue weighted by atomic mass is 10.2. The SMILES string of the molecule is Cc1cc(NC(=O)c2ccc(Cl)cc2F)n([C@@H]2CCS(=O)(=O)C2)n1. The van der Waals surface area contributed by atoms with E-state index in [1.165, 1.54) is 16.8 Å². The van der Waals surface area contributed by atoms with E-state index in [-0.39, 0.29) is 28.1 Å². The van der Waals surface area contributed by atoms with Crippen molar-refractivity contribution >= 4 is 33.2 Å². The van der Waals surface area contributed by atoms with Crippen LogP contribution in [0, 0.1) is 12.7 Å². The maximum Gasteiger partial charge on any atom is 0.259 e. The summed E-state index contributed by atoms with van der Waals surface area (Å²) in [5, 5.41) is 7.06. The number of amides is 1. The first-order valence-electron chi connectivity index (χ1n) is 7.28. The fourth-order valence-electron chi connectivity index (χ4n) is 2.71. The lowest BCUT2D eigenvalue weighted by molar-refractivity contribution is 0.102. The van der Waals surface area contributed by atoms with Gasteiger partial charge in [0, 0.05) is 11.1 Å². The highest BCUT2D eigenvalue weighted by atomic mass is 35.5. The maximum atomic E-state index is 13.9. The molecule has 3 rings (SSSR count). The smallest absolute Gasteiger partial charge is 0.259 e. The van der Waals surface area contributed by atoms with Gasteiger partial charge in [0.25, 0.3) is 5.91 Å². The molecule has 0 aliphatic carbocycles. The summed E-state index contributed by atoms with van der Waals surface area (Å²) in [6.07, 6.45) is 0.432. The summed E-state index contributed by atoms with van der Waals surface area (Å²) in [4.78, 5) is 12.3. The van der Waals surface area contributed by atoms with E-state index in [2.05, 4.69) is 10.4 Å². The zero-order chi connectivity index (χ0) is 17.5. The molecular weight excluding hydrogens is 357 g/mol. The molecule has 2 heterocycles. The Morgan fingerprint density at radius 1 is 1.42 bits per heavy atom. The molecule has 0 saturated carbocycles. The fourth-order valence-corrected chi connectivity index (χ4v) is 4.56. The molecule has 6 nitrogen and oxygen atoms in total. The lowest BCUT2D eigenvalue weighted by Gasteiger charge is -2.14. The molecule has 1 amide bonds. The van der Waals surface area contributed by atoms with E-state index in [9.17, 15) is 17.6 Å². The third-order valence-corrected chi connectivity index (χ3v) is 5.81. The summed E-state index contributed by atoms with van der Waals surface area (Å²) in [6.45, 7) is 1.73. The highest BCUT2D eigenvalue weighted by molar-refractivity contribution is 7.91. The number of aromatic nitrogens is 2. The summed E-state index contributed by atoms with van der Waals surface area (Å²) in [6, 6.07) is 5.06. The minimum Gasteiger partial charge on any atom is -0.307 e. The van der Waals surface area contributed by atoms with Gasteiger partial charge < -0.3 is 5.32 Å². The average Bonchev–Trinajstić information content (AvgIpc) is 3.01. The first-order valence-corrected chi connectivity index (χ1v) is 9.48. The van der Waals surface area contributed by atoms with Gasteiger partial charge in [-0.25, -0.2) is 17.5 Å². The molecule has 1 aliphatic heterocycles. The van der Waals surface area contributed by atoms with Crippen molar-refractivity contribution in [3.05, 3.63) is 46.4 Å². The van der Waals surface area contributed by atoms with Gasteiger partial charge in [0.1, 0.15) is 11.6 Å². The number of rotatable bonds is 3. The van der Waals surface area contributed by atoms with Gasteiger partial charge in [-0.1, -0.05) is 11.6 Å². The maximum absolute atomic E-state index is 13.9. The van der Waals surface area contributed by atoms with Gasteiger partial charge in [0.05, 0.1) is 28.8 Å². The topological polar surface area (TPSA) is 81.1 Å². The van der Waals surface area contributed by atoms with Crippen LogP contribution in [0.4, 0.5) is 10.2 Å². The van der Waals surface area contributed by atoms with Crippen LogP contribution >= 0.6 is 11.6 Å². The molecule has 0 radical (unpaired) electrons. The van der Waals surface area contributed by atoms with Crippen molar-refractivity contribution in [2.75, 3.05) is 16.8 Å². The number of aryl methyl sites for hydroxylation is 1. The van der Waals surface area contributed by atoms with Crippen molar-refractivity contribution in [3.63, 3.8) is 0 Å². The minimum atomic E-state index is -3.09. The van der Waals surface area contributed by atoms with Crippen LogP contribution in [-0.4, -0.2) is 35.6 Å². The molecule has 1 aliphatic rings. The Labute approximate surface area is 143 Å². The zero-order valence-electron chi connectivity index (χ0n) is 12.8. The van der Waals surface area contributed by atoms with Crippen LogP contribution in [0.5, 0.6) is 0 Å². The van der Waals surface area contributed by atoms with Crippen molar-refractivity contribution in [2.24, 2.45) is 0 Å². The first kappa shape index (κ1) is 16.9. The van der Waals surface area contributed by atoms with Crippen LogP contribution in [0.1, 0.15) is 28.5 Å². The molecule has 1 saturated heterocycles. The van der Waals surface area contributed by atoms with E-state index in [1.807, 2.05) is 0 Å². The fraction of sp³-hybridized carbons (Fsp3) is 0.333. The average molecular weight is 372 g/mol. The normalized spacial score (nSPS) is 19.4. The third kappa shape index (κ3) is 3.44. The molecule has 0 bridgehead atoms. The number of hydrogen-bond donors (Lipinski definition) is 1. The predicted octanol–water partition coefficient (Wildman–Crippen LogP) is 2.60. The Morgan fingerprint density at radius 2 is 2.17 bits per heavy atom. The molecule has 0 spiro atoms. The number of benzene rings is 1. The molecule has 128 valence electrons. The molecule has 1 aromatic carbocycles. The van der Waals surface area contributed by atoms with Crippen LogP contribution in [0.3, 0.4) is 0 Å². The van der Waals surface area contributed by atoms with Crippen molar-refractivity contribution in [2.45, 2.75) is 19.4 Å². The van der Waals surface area contributed by atoms with Crippen molar-refractivity contribution in [1.29, 1.82) is 0 Å². The zero-order valence-corrected chi connectivity index (χ0v) is 14.4. The van der Waals surface area contributed by atoms with Crippen molar-refractivity contribution in [3.8, 4) is 0 Å². The summed E-state index contributed by atoms with van der Waals surface area (Å²) in [7, 11) is -3.09. The molecule has 1 N–H and O–H groups in total. The van der Waals surface area contributed by atoms with E-state index in [4.69, 9.17) is 11.6 Å². The van der Waals surface area contributed by atoms with Gasteiger partial charge in [-0.2, -0.15) is 5.10 Å². The van der Waals surface area contributed by atoms with E-state index in [0.717, 1.165) is 6.07 Å². The highest BCUT2D eigenvalue weighted by Crippen LogP contribution is 2.27. The number of carbonyl (C=O) groups is 1. The van der Waals surface area contributed by atoms with Gasteiger partial charge >= 0.3 is 0 Å². The minimum absolute atomic E-state index is 0.0215. The summed E-state index contributed by atoms with van der Waals surface area (Å²) < 4.78 is 38.7. The third-order valence-electron chi connectivity index (χ3n) is 3.83. The predicted molar refractivity (Wildman–Crippen MR) is 88.6 cm³/mol. The summed E-state index contributed by atoms with van der Waals surface area (Å²) in [5.41, 5.74) is 0.482. The Balaban J connectivity index is 1.87. The van der Waals surface area contributed by atoms with Crippen LogP contribution in [0.2, 0.25) is 5.02 Å². The number of nitrogens with zero attached hydrogens (tertiary/aromatic N) is 2. The number of hydrogen-bond acceptors (Lipinski definition) is 4. The molecule has 9 heteroatoms. The monoisotopic (exact) mass is 371 g/mol.